The summed E-state index contributed by atoms with van der Waals surface area (Å²) in [4.78, 5) is 24.7. The van der Waals surface area contributed by atoms with E-state index in [9.17, 15) is 14.3 Å². The molecule has 3 heterocycles. The first kappa shape index (κ1) is 34.0. The highest BCUT2D eigenvalue weighted by molar-refractivity contribution is 5.88. The van der Waals surface area contributed by atoms with E-state index >= 15 is 0 Å². The van der Waals surface area contributed by atoms with Crippen LogP contribution in [-0.4, -0.2) is 56.1 Å². The van der Waals surface area contributed by atoms with Crippen molar-refractivity contribution in [1.82, 2.24) is 19.7 Å². The van der Waals surface area contributed by atoms with Gasteiger partial charge in [-0.05, 0) is 88.3 Å². The van der Waals surface area contributed by atoms with E-state index in [4.69, 9.17) is 14.5 Å². The van der Waals surface area contributed by atoms with E-state index in [0.29, 0.717) is 36.6 Å². The van der Waals surface area contributed by atoms with Gasteiger partial charge in [0.05, 0.1) is 30.1 Å². The lowest BCUT2D eigenvalue weighted by Gasteiger charge is -2.41. The van der Waals surface area contributed by atoms with Crippen LogP contribution in [0.5, 0.6) is 5.75 Å². The molecule has 1 aliphatic heterocycles. The minimum atomic E-state index is -1.22. The lowest BCUT2D eigenvalue weighted by Crippen LogP contribution is -2.39. The number of carbonyl (C=O) groups is 1. The van der Waals surface area contributed by atoms with Crippen LogP contribution in [-0.2, 0) is 22.5 Å². The van der Waals surface area contributed by atoms with Crippen LogP contribution in [0.4, 0.5) is 10.1 Å². The normalized spacial score (nSPS) is 15.4. The molecule has 250 valence electrons. The van der Waals surface area contributed by atoms with Crippen molar-refractivity contribution in [3.63, 3.8) is 0 Å². The molecule has 4 aromatic rings. The SMILES string of the molecule is Cc1nc(Cn2ncnc2C)c(-c2ccc(OCCc3ccc(F)cc3)cc2)c(N2CCC(C)(C)CC2)c1[C@H](OC(C)(C)C)C(=O)O. The minimum absolute atomic E-state index is 0.181. The van der Waals surface area contributed by atoms with Gasteiger partial charge >= 0.3 is 5.97 Å². The highest BCUT2D eigenvalue weighted by atomic mass is 19.1. The van der Waals surface area contributed by atoms with Crippen molar-refractivity contribution in [2.45, 2.75) is 86.0 Å². The average molecular weight is 644 g/mol. The van der Waals surface area contributed by atoms with Crippen molar-refractivity contribution in [2.24, 2.45) is 5.41 Å². The maximum Gasteiger partial charge on any atom is 0.337 e. The van der Waals surface area contributed by atoms with Gasteiger partial charge in [-0.25, -0.2) is 18.9 Å². The summed E-state index contributed by atoms with van der Waals surface area (Å²) < 4.78 is 27.4. The van der Waals surface area contributed by atoms with Gasteiger partial charge in [0.1, 0.15) is 23.7 Å². The maximum absolute atomic E-state index is 13.3. The number of carboxylic acid groups (broad SMARTS) is 1. The third-order valence-electron chi connectivity index (χ3n) is 8.69. The Kier molecular flexibility index (Phi) is 10.0. The zero-order valence-electron chi connectivity index (χ0n) is 28.5. The number of carboxylic acids is 1. The summed E-state index contributed by atoms with van der Waals surface area (Å²) in [7, 11) is 0. The predicted octanol–water partition coefficient (Wildman–Crippen LogP) is 7.33. The number of halogens is 1. The first-order valence-corrected chi connectivity index (χ1v) is 16.2. The molecule has 0 amide bonds. The molecule has 0 spiro atoms. The van der Waals surface area contributed by atoms with Crippen molar-refractivity contribution in [3.8, 4) is 16.9 Å². The lowest BCUT2D eigenvalue weighted by molar-refractivity contribution is -0.160. The highest BCUT2D eigenvalue weighted by Gasteiger charge is 2.37. The average Bonchev–Trinajstić information content (AvgIpc) is 3.41. The summed E-state index contributed by atoms with van der Waals surface area (Å²) in [6.07, 6.45) is 2.88. The number of hydrogen-bond acceptors (Lipinski definition) is 7. The van der Waals surface area contributed by atoms with Gasteiger partial charge in [-0.1, -0.05) is 38.1 Å². The molecule has 1 atom stereocenters. The fourth-order valence-electron chi connectivity index (χ4n) is 6.02. The Bertz CT molecular complexity index is 1680. The number of nitrogens with zero attached hydrogens (tertiary/aromatic N) is 5. The topological polar surface area (TPSA) is 103 Å². The van der Waals surface area contributed by atoms with Crippen molar-refractivity contribution in [2.75, 3.05) is 24.6 Å². The summed E-state index contributed by atoms with van der Waals surface area (Å²) in [5, 5.41) is 15.0. The lowest BCUT2D eigenvalue weighted by atomic mass is 9.81. The molecule has 10 heteroatoms. The molecule has 1 aliphatic rings. The Morgan fingerprint density at radius 2 is 1.70 bits per heavy atom. The van der Waals surface area contributed by atoms with Crippen LogP contribution in [0.2, 0.25) is 0 Å². The highest BCUT2D eigenvalue weighted by Crippen LogP contribution is 2.45. The number of aromatic nitrogens is 4. The maximum atomic E-state index is 13.3. The van der Waals surface area contributed by atoms with Gasteiger partial charge in [0, 0.05) is 36.3 Å². The van der Waals surface area contributed by atoms with Crippen LogP contribution < -0.4 is 9.64 Å². The Hall–Kier alpha value is -4.31. The minimum Gasteiger partial charge on any atom is -0.493 e. The number of piperidine rings is 1. The fraction of sp³-hybridized carbons (Fsp3) is 0.459. The van der Waals surface area contributed by atoms with E-state index in [1.165, 1.54) is 18.5 Å². The van der Waals surface area contributed by atoms with Gasteiger partial charge in [-0.15, -0.1) is 0 Å². The second-order valence-electron chi connectivity index (χ2n) is 14.1. The van der Waals surface area contributed by atoms with Crippen LogP contribution in [0.3, 0.4) is 0 Å². The van der Waals surface area contributed by atoms with Crippen LogP contribution in [0, 0.1) is 25.1 Å². The smallest absolute Gasteiger partial charge is 0.337 e. The van der Waals surface area contributed by atoms with E-state index in [-0.39, 0.29) is 11.2 Å². The van der Waals surface area contributed by atoms with Gasteiger partial charge in [-0.2, -0.15) is 5.10 Å². The molecular weight excluding hydrogens is 597 g/mol. The number of benzene rings is 2. The van der Waals surface area contributed by atoms with Crippen molar-refractivity contribution in [1.29, 1.82) is 0 Å². The molecule has 1 saturated heterocycles. The third-order valence-corrected chi connectivity index (χ3v) is 8.69. The molecule has 9 nitrogen and oxygen atoms in total. The zero-order chi connectivity index (χ0) is 33.9. The number of aliphatic carboxylic acids is 1. The molecule has 1 fully saturated rings. The van der Waals surface area contributed by atoms with Gasteiger partial charge in [0.15, 0.2) is 6.10 Å². The van der Waals surface area contributed by atoms with E-state index in [2.05, 4.69) is 28.8 Å². The molecule has 2 aromatic carbocycles. The molecule has 47 heavy (non-hydrogen) atoms. The number of ether oxygens (including phenoxy) is 2. The summed E-state index contributed by atoms with van der Waals surface area (Å²) in [6, 6.07) is 14.3. The quantitative estimate of drug-likeness (QED) is 0.181. The largest absolute Gasteiger partial charge is 0.493 e. The van der Waals surface area contributed by atoms with Crippen LogP contribution in [0.15, 0.2) is 54.9 Å². The molecular formula is C37H46FN5O4. The van der Waals surface area contributed by atoms with E-state index in [0.717, 1.165) is 59.8 Å². The van der Waals surface area contributed by atoms with Crippen molar-refractivity contribution >= 4 is 11.7 Å². The van der Waals surface area contributed by atoms with Crippen molar-refractivity contribution < 1.29 is 23.8 Å². The number of hydrogen-bond donors (Lipinski definition) is 1. The van der Waals surface area contributed by atoms with Crippen molar-refractivity contribution in [3.05, 3.63) is 89.0 Å². The zero-order valence-corrected chi connectivity index (χ0v) is 28.5. The van der Waals surface area contributed by atoms with Gasteiger partial charge in [0.2, 0.25) is 0 Å². The van der Waals surface area contributed by atoms with Crippen LogP contribution in [0.25, 0.3) is 11.1 Å². The summed E-state index contributed by atoms with van der Waals surface area (Å²) in [6.45, 7) is 16.3. The number of anilines is 1. The standard InChI is InChI=1S/C37H46FN5O4/c1-24-31(34(35(44)45)47-36(3,4)5)33(42-19-17-37(6,7)18-20-42)32(30(41-24)22-43-25(2)39-23-40-43)27-10-14-29(15-11-27)46-21-16-26-8-12-28(38)13-9-26/h8-15,23,34H,16-22H2,1-7H3,(H,44,45)/t34-/m0/s1. The summed E-state index contributed by atoms with van der Waals surface area (Å²) in [5.74, 6) is 0.138. The van der Waals surface area contributed by atoms with Crippen LogP contribution >= 0.6 is 0 Å². The Labute approximate surface area is 276 Å². The molecule has 1 N–H and O–H groups in total. The number of rotatable bonds is 11. The molecule has 5 rings (SSSR count). The fourth-order valence-corrected chi connectivity index (χ4v) is 6.02. The number of aryl methyl sites for hydroxylation is 2. The Morgan fingerprint density at radius 1 is 1.04 bits per heavy atom. The molecule has 0 unspecified atom stereocenters. The third kappa shape index (κ3) is 8.35. The molecule has 0 aliphatic carbocycles. The first-order chi connectivity index (χ1) is 22.2. The monoisotopic (exact) mass is 643 g/mol. The Balaban J connectivity index is 1.62. The predicted molar refractivity (Wildman–Crippen MR) is 180 cm³/mol. The second-order valence-corrected chi connectivity index (χ2v) is 14.1. The number of pyridine rings is 1. The molecule has 2 aromatic heterocycles. The summed E-state index contributed by atoms with van der Waals surface area (Å²) in [5.41, 5.74) is 4.99. The Morgan fingerprint density at radius 3 is 2.28 bits per heavy atom. The van der Waals surface area contributed by atoms with E-state index in [1.807, 2.05) is 58.9 Å². The van der Waals surface area contributed by atoms with E-state index < -0.39 is 17.7 Å². The summed E-state index contributed by atoms with van der Waals surface area (Å²) >= 11 is 0. The molecule has 0 saturated carbocycles. The van der Waals surface area contributed by atoms with Gasteiger partial charge < -0.3 is 19.5 Å². The first-order valence-electron chi connectivity index (χ1n) is 16.2. The van der Waals surface area contributed by atoms with E-state index in [1.54, 1.807) is 16.8 Å². The molecule has 0 bridgehead atoms. The molecule has 0 radical (unpaired) electrons. The van der Waals surface area contributed by atoms with Gasteiger partial charge in [0.25, 0.3) is 0 Å². The van der Waals surface area contributed by atoms with Crippen LogP contribution in [0.1, 0.15) is 81.9 Å². The second kappa shape index (κ2) is 13.8. The van der Waals surface area contributed by atoms with Gasteiger partial charge in [-0.3, -0.25) is 4.98 Å².